The first kappa shape index (κ1) is 21.7. The minimum Gasteiger partial charge on any atom is -0.299 e. The summed E-state index contributed by atoms with van der Waals surface area (Å²) in [6.07, 6.45) is -6.69. The summed E-state index contributed by atoms with van der Waals surface area (Å²) in [7, 11) is -9.89. The van der Waals surface area contributed by atoms with E-state index in [2.05, 4.69) is 9.27 Å². The zero-order valence-electron chi connectivity index (χ0n) is 13.9. The lowest BCUT2D eigenvalue weighted by Crippen LogP contribution is -2.52. The fourth-order valence-electron chi connectivity index (χ4n) is 2.98. The van der Waals surface area contributed by atoms with Crippen LogP contribution >= 0.6 is 11.3 Å². The summed E-state index contributed by atoms with van der Waals surface area (Å²) in [4.78, 5) is 27.7. The molecule has 0 unspecified atom stereocenters. The number of hydrogen-bond acceptors (Lipinski definition) is 9. The molecule has 162 valence electrons. The molecule has 1 N–H and O–H groups in total. The molecule has 2 atom stereocenters. The molecule has 2 aliphatic heterocycles. The molecule has 1 aromatic rings. The summed E-state index contributed by atoms with van der Waals surface area (Å²) in [5.41, 5.74) is 0. The van der Waals surface area contributed by atoms with Crippen LogP contribution in [-0.2, 0) is 35.7 Å². The van der Waals surface area contributed by atoms with Crippen molar-refractivity contribution >= 4 is 44.2 Å². The van der Waals surface area contributed by atoms with E-state index in [0.717, 1.165) is 4.90 Å². The summed E-state index contributed by atoms with van der Waals surface area (Å²) in [6.45, 7) is -0.246. The van der Waals surface area contributed by atoms with Crippen LogP contribution in [0.5, 0.6) is 0 Å². The number of hydrogen-bond donors (Lipinski definition) is 1. The number of alkyl halides is 3. The lowest BCUT2D eigenvalue weighted by Gasteiger charge is -2.35. The maximum Gasteiger partial charge on any atom is 0.443 e. The van der Waals surface area contributed by atoms with Gasteiger partial charge in [-0.25, -0.2) is 14.1 Å². The second-order valence-electron chi connectivity index (χ2n) is 5.90. The Morgan fingerprint density at radius 1 is 1.31 bits per heavy atom. The summed E-state index contributed by atoms with van der Waals surface area (Å²) < 4.78 is 98.3. The van der Waals surface area contributed by atoms with Gasteiger partial charge in [0, 0.05) is 11.9 Å². The van der Waals surface area contributed by atoms with E-state index in [9.17, 15) is 39.6 Å². The van der Waals surface area contributed by atoms with E-state index in [-0.39, 0.29) is 41.4 Å². The Morgan fingerprint density at radius 3 is 2.48 bits per heavy atom. The molecule has 12 nitrogen and oxygen atoms in total. The normalized spacial score (nSPS) is 22.8. The minimum absolute atomic E-state index is 0.0189. The van der Waals surface area contributed by atoms with Gasteiger partial charge in [-0.1, -0.05) is 0 Å². The molecule has 18 heteroatoms. The Balaban J connectivity index is 1.90. The molecule has 3 amide bonds. The van der Waals surface area contributed by atoms with Crippen LogP contribution in [0.15, 0.2) is 10.4 Å². The minimum atomic E-state index is -5.04. The Labute approximate surface area is 165 Å². The standard InChI is InChI=1S/C11H11F3N4O8S3/c12-11(13,14)9-15-7(4-27-9)28(21,22)17(5-19)8-2-1-6-3-16(8)10(20)18(6)26-29(23,24)25/h4-6,8H,1-3H2,(H,23,24,25)/t6-,8+/m1/s1. The maximum atomic E-state index is 12.7. The van der Waals surface area contributed by atoms with Gasteiger partial charge in [0.2, 0.25) is 6.41 Å². The van der Waals surface area contributed by atoms with Crippen molar-refractivity contribution in [3.63, 3.8) is 0 Å². The molecule has 2 fully saturated rings. The van der Waals surface area contributed by atoms with E-state index in [0.29, 0.717) is 10.4 Å². The number of thiazole rings is 1. The first-order valence-corrected chi connectivity index (χ1v) is 11.2. The summed E-state index contributed by atoms with van der Waals surface area (Å²) in [5.74, 6) is 0. The molecule has 2 aliphatic rings. The van der Waals surface area contributed by atoms with Crippen molar-refractivity contribution in [3.8, 4) is 0 Å². The molecule has 2 bridgehead atoms. The van der Waals surface area contributed by atoms with E-state index >= 15 is 0 Å². The molecule has 1 aromatic heterocycles. The summed E-state index contributed by atoms with van der Waals surface area (Å²) >= 11 is 0.0189. The van der Waals surface area contributed by atoms with Crippen LogP contribution in [0, 0.1) is 0 Å². The Kier molecular flexibility index (Phi) is 5.27. The average Bonchev–Trinajstić information content (AvgIpc) is 3.17. The van der Waals surface area contributed by atoms with Gasteiger partial charge < -0.3 is 0 Å². The van der Waals surface area contributed by atoms with Gasteiger partial charge in [-0.2, -0.15) is 35.1 Å². The van der Waals surface area contributed by atoms with Crippen molar-refractivity contribution in [2.75, 3.05) is 6.54 Å². The third-order valence-corrected chi connectivity index (χ3v) is 7.14. The number of halogens is 3. The molecule has 29 heavy (non-hydrogen) atoms. The SMILES string of the molecule is O=CN([C@H]1CC[C@@H]2CN1C(=O)N2OS(=O)(=O)O)S(=O)(=O)c1csc(C(F)(F)F)n1. The number of amides is 3. The van der Waals surface area contributed by atoms with E-state index in [1.54, 1.807) is 0 Å². The molecule has 0 spiro atoms. The van der Waals surface area contributed by atoms with E-state index < -0.39 is 54.9 Å². The third-order valence-electron chi connectivity index (χ3n) is 4.13. The first-order chi connectivity index (χ1) is 13.3. The molecule has 2 saturated heterocycles. The maximum absolute atomic E-state index is 12.7. The van der Waals surface area contributed by atoms with Gasteiger partial charge in [0.05, 0.1) is 6.04 Å². The summed E-state index contributed by atoms with van der Waals surface area (Å²) in [5, 5.41) is -1.52. The molecule has 0 saturated carbocycles. The largest absolute Gasteiger partial charge is 0.443 e. The van der Waals surface area contributed by atoms with Crippen molar-refractivity contribution in [2.45, 2.75) is 36.3 Å². The molecule has 3 rings (SSSR count). The zero-order chi connectivity index (χ0) is 21.8. The number of nitrogens with zero attached hydrogens (tertiary/aromatic N) is 4. The Hall–Kier alpha value is -2.02. The van der Waals surface area contributed by atoms with Crippen molar-refractivity contribution in [1.29, 1.82) is 0 Å². The van der Waals surface area contributed by atoms with Gasteiger partial charge in [0.15, 0.2) is 10.0 Å². The third kappa shape index (κ3) is 4.02. The average molecular weight is 480 g/mol. The Bertz CT molecular complexity index is 1040. The molecule has 3 heterocycles. The molecular formula is C11H11F3N4O8S3. The van der Waals surface area contributed by atoms with E-state index in [1.165, 1.54) is 0 Å². The fraction of sp³-hybridized carbons (Fsp3) is 0.545. The van der Waals surface area contributed by atoms with Crippen LogP contribution in [-0.4, -0.2) is 71.8 Å². The summed E-state index contributed by atoms with van der Waals surface area (Å²) in [6, 6.07) is -2.00. The topological polar surface area (TPSA) is 154 Å². The van der Waals surface area contributed by atoms with E-state index in [1.807, 2.05) is 0 Å². The second-order valence-corrected chi connectivity index (χ2v) is 9.56. The monoisotopic (exact) mass is 480 g/mol. The fourth-order valence-corrected chi connectivity index (χ4v) is 5.68. The van der Waals surface area contributed by atoms with Gasteiger partial charge in [0.1, 0.15) is 6.17 Å². The number of urea groups is 1. The van der Waals surface area contributed by atoms with Crippen molar-refractivity contribution < 1.29 is 48.4 Å². The highest BCUT2D eigenvalue weighted by molar-refractivity contribution is 7.89. The van der Waals surface area contributed by atoms with Gasteiger partial charge in [-0.15, -0.1) is 15.6 Å². The number of fused-ring (bicyclic) bond motifs is 2. The van der Waals surface area contributed by atoms with Crippen LogP contribution in [0.2, 0.25) is 0 Å². The quantitative estimate of drug-likeness (QED) is 0.446. The van der Waals surface area contributed by atoms with Crippen LogP contribution in [0.1, 0.15) is 17.8 Å². The number of carbonyl (C=O) groups is 2. The van der Waals surface area contributed by atoms with Crippen LogP contribution < -0.4 is 0 Å². The van der Waals surface area contributed by atoms with Gasteiger partial charge in [-0.05, 0) is 12.8 Å². The van der Waals surface area contributed by atoms with Crippen molar-refractivity contribution in [1.82, 2.24) is 19.3 Å². The number of hydroxylamine groups is 2. The zero-order valence-corrected chi connectivity index (χ0v) is 16.3. The van der Waals surface area contributed by atoms with Crippen LogP contribution in [0.25, 0.3) is 0 Å². The highest BCUT2D eigenvalue weighted by Gasteiger charge is 2.51. The second kappa shape index (κ2) is 7.04. The van der Waals surface area contributed by atoms with Crippen molar-refractivity contribution in [3.05, 3.63) is 10.4 Å². The molecule has 0 aromatic carbocycles. The number of sulfonamides is 1. The highest BCUT2D eigenvalue weighted by Crippen LogP contribution is 2.36. The van der Waals surface area contributed by atoms with Crippen molar-refractivity contribution in [2.24, 2.45) is 0 Å². The predicted molar refractivity (Wildman–Crippen MR) is 85.6 cm³/mol. The lowest BCUT2D eigenvalue weighted by molar-refractivity contribution is -0.137. The lowest BCUT2D eigenvalue weighted by atomic mass is 10.1. The number of carbonyl (C=O) groups excluding carboxylic acids is 2. The Morgan fingerprint density at radius 2 is 1.97 bits per heavy atom. The van der Waals surface area contributed by atoms with E-state index in [4.69, 9.17) is 4.55 Å². The predicted octanol–water partition coefficient (Wildman–Crippen LogP) is 0.270. The number of aromatic nitrogens is 1. The number of piperidine rings is 1. The molecule has 0 aliphatic carbocycles. The van der Waals surface area contributed by atoms with Gasteiger partial charge in [0.25, 0.3) is 10.0 Å². The first-order valence-electron chi connectivity index (χ1n) is 7.54. The van der Waals surface area contributed by atoms with Gasteiger partial charge in [-0.3, -0.25) is 14.2 Å². The van der Waals surface area contributed by atoms with Crippen LogP contribution in [0.4, 0.5) is 18.0 Å². The molecule has 0 radical (unpaired) electrons. The highest BCUT2D eigenvalue weighted by atomic mass is 32.3. The van der Waals surface area contributed by atoms with Crippen LogP contribution in [0.3, 0.4) is 0 Å². The number of rotatable bonds is 6. The van der Waals surface area contributed by atoms with Gasteiger partial charge >= 0.3 is 22.6 Å². The smallest absolute Gasteiger partial charge is 0.299 e. The molecular weight excluding hydrogens is 469 g/mol.